The highest BCUT2D eigenvalue weighted by atomic mass is 15.1. The van der Waals surface area contributed by atoms with Crippen LogP contribution in [0.25, 0.3) is 54.7 Å². The number of aromatic nitrogens is 2. The summed E-state index contributed by atoms with van der Waals surface area (Å²) < 4.78 is 4.82. The fourth-order valence-electron chi connectivity index (χ4n) is 8.93. The number of aryl methyl sites for hydroxylation is 4. The van der Waals surface area contributed by atoms with Crippen molar-refractivity contribution in [2.24, 2.45) is 0 Å². The fraction of sp³-hybridized carbons (Fsp3) is 0.111. The van der Waals surface area contributed by atoms with Gasteiger partial charge in [-0.2, -0.15) is 0 Å². The Hall–Kier alpha value is -7.04. The maximum Gasteiger partial charge on any atom is 0.0492 e. The molecule has 58 heavy (non-hydrogen) atoms. The maximum absolute atomic E-state index is 2.41. The van der Waals surface area contributed by atoms with E-state index in [0.29, 0.717) is 0 Å². The van der Waals surface area contributed by atoms with Gasteiger partial charge in [0.1, 0.15) is 0 Å². The third-order valence-corrected chi connectivity index (χ3v) is 11.8. The lowest BCUT2D eigenvalue weighted by Crippen LogP contribution is -2.10. The molecule has 4 nitrogen and oxygen atoms in total. The van der Waals surface area contributed by atoms with E-state index < -0.39 is 0 Å². The van der Waals surface area contributed by atoms with Crippen molar-refractivity contribution in [2.75, 3.05) is 9.80 Å². The average molecular weight is 751 g/mol. The second-order valence-electron chi connectivity index (χ2n) is 15.4. The Labute approximate surface area is 340 Å². The zero-order valence-corrected chi connectivity index (χ0v) is 33.5. The fourth-order valence-corrected chi connectivity index (χ4v) is 8.93. The van der Waals surface area contributed by atoms with Gasteiger partial charge >= 0.3 is 0 Å². The number of para-hydroxylation sites is 2. The zero-order valence-electron chi connectivity index (χ0n) is 33.5. The molecule has 0 N–H and O–H groups in total. The molecular weight excluding hydrogens is 705 g/mol. The number of anilines is 6. The van der Waals surface area contributed by atoms with Crippen molar-refractivity contribution in [3.8, 4) is 11.1 Å². The monoisotopic (exact) mass is 750 g/mol. The van der Waals surface area contributed by atoms with Crippen LogP contribution >= 0.6 is 0 Å². The number of hydrogen-bond acceptors (Lipinski definition) is 2. The van der Waals surface area contributed by atoms with Crippen molar-refractivity contribution in [3.05, 3.63) is 193 Å². The molecule has 0 aliphatic rings. The smallest absolute Gasteiger partial charge is 0.0492 e. The highest BCUT2D eigenvalue weighted by Gasteiger charge is 2.19. The standard InChI is InChI=1S/C54H46N4/c1-5-55-51-13-9-7-11-47(51)49-35-45(31-33-53(49)55)57(41-23-15-37(3)16-24-41)43-27-19-39(20-28-43)40-21-29-44(30-22-40)58(42-25-17-38(4)18-26-42)46-32-34-54-50(36-46)48-12-8-10-14-52(48)56(54)6-2/h7-36H,5-6H2,1-4H3. The van der Waals surface area contributed by atoms with E-state index in [1.54, 1.807) is 0 Å². The van der Waals surface area contributed by atoms with Crippen LogP contribution < -0.4 is 9.80 Å². The summed E-state index contributed by atoms with van der Waals surface area (Å²) in [4.78, 5) is 4.75. The third-order valence-electron chi connectivity index (χ3n) is 11.8. The first kappa shape index (κ1) is 35.4. The second-order valence-corrected chi connectivity index (χ2v) is 15.4. The van der Waals surface area contributed by atoms with E-state index in [0.717, 1.165) is 47.2 Å². The van der Waals surface area contributed by atoms with Gasteiger partial charge in [0, 0.05) is 90.8 Å². The van der Waals surface area contributed by atoms with Crippen LogP contribution in [0.3, 0.4) is 0 Å². The topological polar surface area (TPSA) is 16.3 Å². The Morgan fingerprint density at radius 3 is 1.00 bits per heavy atom. The molecule has 282 valence electrons. The van der Waals surface area contributed by atoms with Crippen LogP contribution in [0.2, 0.25) is 0 Å². The number of rotatable bonds is 9. The molecule has 0 spiro atoms. The van der Waals surface area contributed by atoms with Gasteiger partial charge in [0.05, 0.1) is 0 Å². The first-order chi connectivity index (χ1) is 28.5. The van der Waals surface area contributed by atoms with Crippen molar-refractivity contribution in [1.82, 2.24) is 9.13 Å². The van der Waals surface area contributed by atoms with Crippen LogP contribution in [0.5, 0.6) is 0 Å². The van der Waals surface area contributed by atoms with Crippen molar-refractivity contribution in [3.63, 3.8) is 0 Å². The second kappa shape index (κ2) is 14.5. The van der Waals surface area contributed by atoms with Gasteiger partial charge in [0.25, 0.3) is 0 Å². The number of fused-ring (bicyclic) bond motifs is 6. The largest absolute Gasteiger partial charge is 0.341 e. The molecule has 10 aromatic rings. The molecular formula is C54H46N4. The van der Waals surface area contributed by atoms with Crippen molar-refractivity contribution < 1.29 is 0 Å². The Bertz CT molecular complexity index is 2860. The molecule has 0 atom stereocenters. The summed E-state index contributed by atoms with van der Waals surface area (Å²) in [5.74, 6) is 0. The van der Waals surface area contributed by atoms with Crippen molar-refractivity contribution in [1.29, 1.82) is 0 Å². The number of nitrogens with zero attached hydrogens (tertiary/aromatic N) is 4. The van der Waals surface area contributed by atoms with Gasteiger partial charge in [-0.05, 0) is 136 Å². The summed E-state index contributed by atoms with van der Waals surface area (Å²) in [5, 5.41) is 5.12. The van der Waals surface area contributed by atoms with Crippen LogP contribution in [-0.2, 0) is 13.1 Å². The molecule has 0 unspecified atom stereocenters. The average Bonchev–Trinajstić information content (AvgIpc) is 3.77. The SMILES string of the molecule is CCn1c2ccccc2c2cc(N(c3ccc(C)cc3)c3ccc(-c4ccc(N(c5ccc(C)cc5)c5ccc6c(c5)c5ccccc5n6CC)cc4)cc3)ccc21. The molecule has 0 fully saturated rings. The lowest BCUT2D eigenvalue weighted by Gasteiger charge is -2.26. The van der Waals surface area contributed by atoms with Crippen LogP contribution in [0.4, 0.5) is 34.1 Å². The predicted molar refractivity (Wildman–Crippen MR) is 248 cm³/mol. The van der Waals surface area contributed by atoms with E-state index in [1.165, 1.54) is 65.9 Å². The first-order valence-corrected chi connectivity index (χ1v) is 20.4. The highest BCUT2D eigenvalue weighted by molar-refractivity contribution is 6.10. The lowest BCUT2D eigenvalue weighted by molar-refractivity contribution is 0.827. The molecule has 0 aliphatic carbocycles. The van der Waals surface area contributed by atoms with E-state index in [2.05, 4.69) is 229 Å². The van der Waals surface area contributed by atoms with Gasteiger partial charge in [0.15, 0.2) is 0 Å². The van der Waals surface area contributed by atoms with E-state index in [1.807, 2.05) is 0 Å². The first-order valence-electron chi connectivity index (χ1n) is 20.4. The molecule has 4 heteroatoms. The molecule has 2 aromatic heterocycles. The molecule has 10 rings (SSSR count). The van der Waals surface area contributed by atoms with Gasteiger partial charge in [-0.25, -0.2) is 0 Å². The summed E-state index contributed by atoms with van der Waals surface area (Å²) in [6.45, 7) is 10.6. The molecule has 0 bridgehead atoms. The summed E-state index contributed by atoms with van der Waals surface area (Å²) in [6.07, 6.45) is 0. The summed E-state index contributed by atoms with van der Waals surface area (Å²) >= 11 is 0. The Morgan fingerprint density at radius 1 is 0.328 bits per heavy atom. The van der Waals surface area contributed by atoms with Gasteiger partial charge in [-0.15, -0.1) is 0 Å². The lowest BCUT2D eigenvalue weighted by atomic mass is 10.0. The van der Waals surface area contributed by atoms with E-state index in [-0.39, 0.29) is 0 Å². The highest BCUT2D eigenvalue weighted by Crippen LogP contribution is 2.42. The third kappa shape index (κ3) is 6.00. The van der Waals surface area contributed by atoms with Crippen LogP contribution in [0, 0.1) is 13.8 Å². The van der Waals surface area contributed by atoms with Gasteiger partial charge in [-0.3, -0.25) is 0 Å². The summed E-state index contributed by atoms with van der Waals surface area (Å²) in [5.41, 5.74) is 16.7. The van der Waals surface area contributed by atoms with Crippen LogP contribution in [0.15, 0.2) is 182 Å². The minimum Gasteiger partial charge on any atom is -0.341 e. The molecule has 8 aromatic carbocycles. The van der Waals surface area contributed by atoms with Crippen LogP contribution in [-0.4, -0.2) is 9.13 Å². The van der Waals surface area contributed by atoms with E-state index >= 15 is 0 Å². The van der Waals surface area contributed by atoms with Gasteiger partial charge < -0.3 is 18.9 Å². The van der Waals surface area contributed by atoms with Crippen molar-refractivity contribution >= 4 is 77.7 Å². The van der Waals surface area contributed by atoms with E-state index in [9.17, 15) is 0 Å². The number of hydrogen-bond donors (Lipinski definition) is 0. The Kier molecular flexibility index (Phi) is 8.83. The summed E-state index contributed by atoms with van der Waals surface area (Å²) in [7, 11) is 0. The van der Waals surface area contributed by atoms with Gasteiger partial charge in [0.2, 0.25) is 0 Å². The predicted octanol–water partition coefficient (Wildman–Crippen LogP) is 15.2. The molecule has 0 amide bonds. The molecule has 0 saturated carbocycles. The zero-order chi connectivity index (χ0) is 39.3. The Morgan fingerprint density at radius 2 is 0.638 bits per heavy atom. The minimum atomic E-state index is 0.929. The van der Waals surface area contributed by atoms with Crippen molar-refractivity contribution in [2.45, 2.75) is 40.8 Å². The maximum atomic E-state index is 2.41. The molecule has 0 saturated heterocycles. The molecule has 2 heterocycles. The normalized spacial score (nSPS) is 11.6. The van der Waals surface area contributed by atoms with E-state index in [4.69, 9.17) is 0 Å². The minimum absolute atomic E-state index is 0.929. The van der Waals surface area contributed by atoms with Crippen LogP contribution in [0.1, 0.15) is 25.0 Å². The molecule has 0 aliphatic heterocycles. The Balaban J connectivity index is 1.01. The quantitative estimate of drug-likeness (QED) is 0.146. The molecule has 0 radical (unpaired) electrons. The van der Waals surface area contributed by atoms with Gasteiger partial charge in [-0.1, -0.05) is 96.1 Å². The number of benzene rings is 8. The summed E-state index contributed by atoms with van der Waals surface area (Å²) in [6, 6.07) is 67.0.